The van der Waals surface area contributed by atoms with E-state index in [0.29, 0.717) is 0 Å². The van der Waals surface area contributed by atoms with Crippen LogP contribution >= 0.6 is 11.6 Å². The van der Waals surface area contributed by atoms with Gasteiger partial charge >= 0.3 is 0 Å². The minimum absolute atomic E-state index is 0.0450. The molecule has 11 heteroatoms. The molecule has 4 rings (SSSR count). The van der Waals surface area contributed by atoms with E-state index in [-0.39, 0.29) is 34.7 Å². The zero-order valence-corrected chi connectivity index (χ0v) is 18.0. The Morgan fingerprint density at radius 2 is 1.84 bits per heavy atom. The number of halogens is 1. The first-order valence-electron chi connectivity index (χ1n) is 9.98. The van der Waals surface area contributed by atoms with E-state index in [4.69, 9.17) is 23.1 Å². The Morgan fingerprint density at radius 3 is 2.41 bits per heavy atom. The van der Waals surface area contributed by atoms with Gasteiger partial charge in [-0.2, -0.15) is 0 Å². The number of carbonyl (C=O) groups excluding carboxylic acids is 5. The van der Waals surface area contributed by atoms with E-state index in [1.165, 1.54) is 19.0 Å². The number of benzene rings is 1. The second kappa shape index (κ2) is 7.09. The lowest BCUT2D eigenvalue weighted by Crippen LogP contribution is -2.74. The molecule has 32 heavy (non-hydrogen) atoms. The summed E-state index contributed by atoms with van der Waals surface area (Å²) in [4.78, 5) is 66.2. The van der Waals surface area contributed by atoms with Crippen molar-refractivity contribution in [1.29, 1.82) is 0 Å². The summed E-state index contributed by atoms with van der Waals surface area (Å²) in [6, 6.07) is -0.0595. The minimum atomic E-state index is -2.75. The largest absolute Gasteiger partial charge is 0.507 e. The first-order valence-corrected chi connectivity index (χ1v) is 10.4. The zero-order valence-electron chi connectivity index (χ0n) is 17.3. The van der Waals surface area contributed by atoms with Gasteiger partial charge in [-0.25, -0.2) is 0 Å². The van der Waals surface area contributed by atoms with Gasteiger partial charge in [-0.15, -0.1) is 0 Å². The molecule has 6 atom stereocenters. The van der Waals surface area contributed by atoms with Gasteiger partial charge < -0.3 is 21.7 Å². The van der Waals surface area contributed by atoms with E-state index >= 15 is 0 Å². The maximum atomic E-state index is 13.5. The molecule has 4 unspecified atom stereocenters. The van der Waals surface area contributed by atoms with Gasteiger partial charge in [0.25, 0.3) is 0 Å². The number of hydrogen-bond donors (Lipinski definition) is 4. The fraction of sp³-hybridized carbons (Fsp3) is 0.476. The van der Waals surface area contributed by atoms with Gasteiger partial charge in [0.1, 0.15) is 5.75 Å². The number of anilines is 1. The molecule has 6 N–H and O–H groups in total. The third kappa shape index (κ3) is 2.69. The van der Waals surface area contributed by atoms with Crippen molar-refractivity contribution in [3.05, 3.63) is 22.2 Å². The van der Waals surface area contributed by atoms with Crippen LogP contribution in [0.25, 0.3) is 0 Å². The summed E-state index contributed by atoms with van der Waals surface area (Å²) >= 11 is 6.04. The second-order valence-electron chi connectivity index (χ2n) is 8.93. The number of amides is 1. The van der Waals surface area contributed by atoms with Crippen molar-refractivity contribution in [2.45, 2.75) is 24.5 Å². The molecule has 2 saturated carbocycles. The summed E-state index contributed by atoms with van der Waals surface area (Å²) in [7, 11) is 3.04. The SMILES string of the molecule is CN(C)[C@@H]1C(=O)C(C(N)=O)C(=O)[C@@]2(O)C(=O)C3C(=O)c4c(O)cc(Cl)c(N)c4CC3CC12. The molecular weight excluding hydrogens is 442 g/mol. The number of carbonyl (C=O) groups is 5. The molecule has 170 valence electrons. The molecule has 1 amide bonds. The number of Topliss-reactive ketones (excluding diaryl/α,β-unsaturated/α-hetero) is 4. The topological polar surface area (TPSA) is 181 Å². The quantitative estimate of drug-likeness (QED) is 0.245. The number of ketones is 4. The first kappa shape index (κ1) is 22.4. The highest BCUT2D eigenvalue weighted by Crippen LogP contribution is 2.51. The van der Waals surface area contributed by atoms with Crippen LogP contribution < -0.4 is 11.5 Å². The number of phenols is 1. The van der Waals surface area contributed by atoms with Crippen molar-refractivity contribution in [2.75, 3.05) is 19.8 Å². The van der Waals surface area contributed by atoms with Crippen LogP contribution in [0.3, 0.4) is 0 Å². The van der Waals surface area contributed by atoms with Crippen LogP contribution in [0.1, 0.15) is 22.3 Å². The Kier molecular flexibility index (Phi) is 4.96. The molecule has 3 aliphatic carbocycles. The van der Waals surface area contributed by atoms with Gasteiger partial charge in [0.05, 0.1) is 28.2 Å². The van der Waals surface area contributed by atoms with Crippen LogP contribution in [0.5, 0.6) is 5.75 Å². The van der Waals surface area contributed by atoms with Crippen molar-refractivity contribution in [3.8, 4) is 5.75 Å². The number of nitrogen functional groups attached to an aromatic ring is 1. The number of likely N-dealkylation sites (N-methyl/N-ethyl adjacent to an activating group) is 1. The number of aromatic hydroxyl groups is 1. The molecule has 1 aromatic carbocycles. The summed E-state index contributed by atoms with van der Waals surface area (Å²) in [5.74, 6) is -11.1. The van der Waals surface area contributed by atoms with Gasteiger partial charge in [-0.05, 0) is 38.4 Å². The Balaban J connectivity index is 1.89. The second-order valence-corrected chi connectivity index (χ2v) is 9.34. The summed E-state index contributed by atoms with van der Waals surface area (Å²) in [5, 5.41) is 21.8. The monoisotopic (exact) mass is 463 g/mol. The van der Waals surface area contributed by atoms with Crippen LogP contribution in [0, 0.1) is 23.7 Å². The zero-order chi connectivity index (χ0) is 23.9. The molecule has 0 spiro atoms. The highest BCUT2D eigenvalue weighted by Gasteiger charge is 2.69. The van der Waals surface area contributed by atoms with E-state index in [2.05, 4.69) is 0 Å². The molecule has 0 heterocycles. The van der Waals surface area contributed by atoms with Crippen LogP contribution in [-0.2, 0) is 25.6 Å². The lowest BCUT2D eigenvalue weighted by atomic mass is 9.52. The van der Waals surface area contributed by atoms with Crippen molar-refractivity contribution in [3.63, 3.8) is 0 Å². The average Bonchev–Trinajstić information content (AvgIpc) is 2.68. The maximum Gasteiger partial charge on any atom is 0.235 e. The molecule has 2 fully saturated rings. The number of nitrogens with zero attached hydrogens (tertiary/aromatic N) is 1. The molecule has 1 aromatic rings. The summed E-state index contributed by atoms with van der Waals surface area (Å²) in [6.07, 6.45) is 0.0302. The number of nitrogens with two attached hydrogens (primary N) is 2. The summed E-state index contributed by atoms with van der Waals surface area (Å²) < 4.78 is 0. The Bertz CT molecular complexity index is 1120. The van der Waals surface area contributed by atoms with Crippen molar-refractivity contribution >= 4 is 46.3 Å². The molecule has 10 nitrogen and oxygen atoms in total. The maximum absolute atomic E-state index is 13.5. The van der Waals surface area contributed by atoms with Crippen LogP contribution in [-0.4, -0.2) is 69.9 Å². The van der Waals surface area contributed by atoms with Gasteiger partial charge in [0, 0.05) is 12.0 Å². The average molecular weight is 464 g/mol. The minimum Gasteiger partial charge on any atom is -0.507 e. The Morgan fingerprint density at radius 1 is 1.22 bits per heavy atom. The fourth-order valence-electron chi connectivity index (χ4n) is 5.67. The molecular formula is C21H22ClN3O7. The van der Waals surface area contributed by atoms with Gasteiger partial charge in [0.15, 0.2) is 34.7 Å². The van der Waals surface area contributed by atoms with Crippen LogP contribution in [0.2, 0.25) is 5.02 Å². The van der Waals surface area contributed by atoms with E-state index in [1.54, 1.807) is 0 Å². The molecule has 0 saturated heterocycles. The third-order valence-electron chi connectivity index (χ3n) is 7.06. The summed E-state index contributed by atoms with van der Waals surface area (Å²) in [5.41, 5.74) is 8.73. The van der Waals surface area contributed by atoms with E-state index in [0.717, 1.165) is 6.07 Å². The van der Waals surface area contributed by atoms with Crippen LogP contribution in [0.15, 0.2) is 6.07 Å². The van der Waals surface area contributed by atoms with Gasteiger partial charge in [-0.3, -0.25) is 28.9 Å². The van der Waals surface area contributed by atoms with Crippen LogP contribution in [0.4, 0.5) is 5.69 Å². The highest BCUT2D eigenvalue weighted by molar-refractivity contribution is 6.35. The molecule has 0 bridgehead atoms. The number of primary amides is 1. The molecule has 0 radical (unpaired) electrons. The third-order valence-corrected chi connectivity index (χ3v) is 7.37. The molecule has 3 aliphatic rings. The number of aliphatic hydroxyl groups is 1. The molecule has 0 aliphatic heterocycles. The summed E-state index contributed by atoms with van der Waals surface area (Å²) in [6.45, 7) is 0. The lowest BCUT2D eigenvalue weighted by Gasteiger charge is -2.52. The van der Waals surface area contributed by atoms with Gasteiger partial charge in [-0.1, -0.05) is 11.6 Å². The van der Waals surface area contributed by atoms with E-state index in [9.17, 15) is 34.2 Å². The predicted octanol–water partition coefficient (Wildman–Crippen LogP) is -0.897. The van der Waals surface area contributed by atoms with Crippen molar-refractivity contribution in [1.82, 2.24) is 4.90 Å². The number of fused-ring (bicyclic) bond motifs is 3. The van der Waals surface area contributed by atoms with E-state index in [1.807, 2.05) is 0 Å². The van der Waals surface area contributed by atoms with E-state index < -0.39 is 70.1 Å². The van der Waals surface area contributed by atoms with Gasteiger partial charge in [0.2, 0.25) is 5.91 Å². The number of rotatable bonds is 2. The van der Waals surface area contributed by atoms with Crippen molar-refractivity contribution in [2.24, 2.45) is 29.4 Å². The lowest BCUT2D eigenvalue weighted by molar-refractivity contribution is -0.181. The highest BCUT2D eigenvalue weighted by atomic mass is 35.5. The Hall–Kier alpha value is -2.82. The normalized spacial score (nSPS) is 34.2. The smallest absolute Gasteiger partial charge is 0.235 e. The Labute approximate surface area is 187 Å². The number of phenolic OH excluding ortho intramolecular Hbond substituents is 1. The predicted molar refractivity (Wildman–Crippen MR) is 111 cm³/mol. The standard InChI is InChI=1S/C21H22ClN3O7/c1-25(2)15-8-4-6-3-7-12(10(26)5-9(22)14(7)23)16(27)11(6)18(29)21(8,32)19(30)13(17(15)28)20(24)31/h5-6,8,11,13,15,26,32H,3-4,23H2,1-2H3,(H2,24,31)/t6?,8?,11?,13?,15-,21-/m0/s1. The molecule has 0 aromatic heterocycles. The first-order chi connectivity index (χ1) is 14.8. The fourth-order valence-corrected chi connectivity index (χ4v) is 5.89. The number of hydrogen-bond acceptors (Lipinski definition) is 9. The van der Waals surface area contributed by atoms with Crippen molar-refractivity contribution < 1.29 is 34.2 Å².